The SMILES string of the molecule is CN=C(NC)NC(C)c1ccc(CC(C)C)cc1.I. The molecule has 1 aromatic rings. The van der Waals surface area contributed by atoms with E-state index in [1.807, 2.05) is 7.05 Å². The molecular formula is C15H26IN3. The fourth-order valence-corrected chi connectivity index (χ4v) is 1.95. The third-order valence-electron chi connectivity index (χ3n) is 2.94. The van der Waals surface area contributed by atoms with E-state index in [4.69, 9.17) is 0 Å². The molecule has 1 atom stereocenters. The first-order chi connectivity index (χ1) is 8.56. The minimum absolute atomic E-state index is 0. The molecule has 4 heteroatoms. The molecule has 0 bridgehead atoms. The molecule has 1 unspecified atom stereocenters. The molecule has 19 heavy (non-hydrogen) atoms. The normalized spacial score (nSPS) is 12.8. The highest BCUT2D eigenvalue weighted by molar-refractivity contribution is 14.0. The predicted octanol–water partition coefficient (Wildman–Crippen LogP) is 3.36. The second-order valence-electron chi connectivity index (χ2n) is 5.03. The summed E-state index contributed by atoms with van der Waals surface area (Å²) in [4.78, 5) is 4.12. The molecule has 1 rings (SSSR count). The summed E-state index contributed by atoms with van der Waals surface area (Å²) in [5, 5.41) is 6.36. The fraction of sp³-hybridized carbons (Fsp3) is 0.533. The van der Waals surface area contributed by atoms with Crippen LogP contribution in [0.1, 0.15) is 37.9 Å². The number of rotatable bonds is 4. The first-order valence-corrected chi connectivity index (χ1v) is 6.56. The van der Waals surface area contributed by atoms with E-state index in [0.29, 0.717) is 5.92 Å². The molecule has 0 aliphatic heterocycles. The van der Waals surface area contributed by atoms with Gasteiger partial charge in [0.1, 0.15) is 0 Å². The number of guanidine groups is 1. The maximum absolute atomic E-state index is 4.12. The van der Waals surface area contributed by atoms with E-state index in [2.05, 4.69) is 60.7 Å². The lowest BCUT2D eigenvalue weighted by atomic mass is 10.00. The van der Waals surface area contributed by atoms with Crippen LogP contribution in [0, 0.1) is 5.92 Å². The Bertz CT molecular complexity index is 385. The van der Waals surface area contributed by atoms with E-state index >= 15 is 0 Å². The van der Waals surface area contributed by atoms with Gasteiger partial charge in [-0.15, -0.1) is 24.0 Å². The minimum atomic E-state index is 0. The lowest BCUT2D eigenvalue weighted by molar-refractivity contribution is 0.646. The second-order valence-corrected chi connectivity index (χ2v) is 5.03. The van der Waals surface area contributed by atoms with Crippen molar-refractivity contribution in [3.05, 3.63) is 35.4 Å². The largest absolute Gasteiger partial charge is 0.359 e. The third-order valence-corrected chi connectivity index (χ3v) is 2.94. The van der Waals surface area contributed by atoms with Gasteiger partial charge >= 0.3 is 0 Å². The quantitative estimate of drug-likeness (QED) is 0.481. The zero-order valence-electron chi connectivity index (χ0n) is 12.5. The van der Waals surface area contributed by atoms with Crippen molar-refractivity contribution in [2.24, 2.45) is 10.9 Å². The number of halogens is 1. The van der Waals surface area contributed by atoms with Gasteiger partial charge < -0.3 is 10.6 Å². The smallest absolute Gasteiger partial charge is 0.191 e. The molecule has 108 valence electrons. The van der Waals surface area contributed by atoms with Gasteiger partial charge in [0.25, 0.3) is 0 Å². The number of nitrogens with zero attached hydrogens (tertiary/aromatic N) is 1. The van der Waals surface area contributed by atoms with E-state index in [-0.39, 0.29) is 30.0 Å². The topological polar surface area (TPSA) is 36.4 Å². The molecule has 0 fully saturated rings. The highest BCUT2D eigenvalue weighted by atomic mass is 127. The lowest BCUT2D eigenvalue weighted by Gasteiger charge is -2.17. The Hall–Kier alpha value is -0.780. The Labute approximate surface area is 134 Å². The average Bonchev–Trinajstić information content (AvgIpc) is 2.35. The maximum atomic E-state index is 4.12. The van der Waals surface area contributed by atoms with Gasteiger partial charge in [-0.25, -0.2) is 0 Å². The Morgan fingerprint density at radius 1 is 1.16 bits per heavy atom. The average molecular weight is 375 g/mol. The summed E-state index contributed by atoms with van der Waals surface area (Å²) >= 11 is 0. The number of aliphatic imine (C=N–C) groups is 1. The summed E-state index contributed by atoms with van der Waals surface area (Å²) in [5.41, 5.74) is 2.68. The molecule has 0 amide bonds. The highest BCUT2D eigenvalue weighted by Gasteiger charge is 2.06. The van der Waals surface area contributed by atoms with Gasteiger partial charge in [0.15, 0.2) is 5.96 Å². The number of nitrogens with one attached hydrogen (secondary N) is 2. The van der Waals surface area contributed by atoms with Gasteiger partial charge in [0, 0.05) is 14.1 Å². The van der Waals surface area contributed by atoms with Crippen LogP contribution in [0.2, 0.25) is 0 Å². The molecule has 0 saturated carbocycles. The van der Waals surface area contributed by atoms with E-state index in [1.165, 1.54) is 11.1 Å². The summed E-state index contributed by atoms with van der Waals surface area (Å²) in [6.45, 7) is 6.63. The van der Waals surface area contributed by atoms with Crippen LogP contribution in [-0.2, 0) is 6.42 Å². The highest BCUT2D eigenvalue weighted by Crippen LogP contribution is 2.15. The van der Waals surface area contributed by atoms with Gasteiger partial charge in [0.2, 0.25) is 0 Å². The first kappa shape index (κ1) is 18.2. The van der Waals surface area contributed by atoms with E-state index < -0.39 is 0 Å². The Kier molecular flexibility index (Phi) is 8.80. The molecule has 0 aliphatic carbocycles. The summed E-state index contributed by atoms with van der Waals surface area (Å²) in [5.74, 6) is 1.52. The Morgan fingerprint density at radius 2 is 1.74 bits per heavy atom. The van der Waals surface area contributed by atoms with Crippen LogP contribution in [0.4, 0.5) is 0 Å². The van der Waals surface area contributed by atoms with Crippen LogP contribution >= 0.6 is 24.0 Å². The molecule has 2 N–H and O–H groups in total. The molecule has 0 aliphatic rings. The van der Waals surface area contributed by atoms with Crippen LogP contribution in [0.5, 0.6) is 0 Å². The van der Waals surface area contributed by atoms with Crippen LogP contribution in [0.15, 0.2) is 29.3 Å². The van der Waals surface area contributed by atoms with Crippen LogP contribution in [0.25, 0.3) is 0 Å². The summed E-state index contributed by atoms with van der Waals surface area (Å²) in [6, 6.07) is 9.08. The van der Waals surface area contributed by atoms with Gasteiger partial charge in [-0.3, -0.25) is 4.99 Å². The van der Waals surface area contributed by atoms with Crippen LogP contribution in [-0.4, -0.2) is 20.1 Å². The summed E-state index contributed by atoms with van der Waals surface area (Å²) in [6.07, 6.45) is 1.14. The zero-order valence-corrected chi connectivity index (χ0v) is 14.9. The second kappa shape index (κ2) is 9.18. The van der Waals surface area contributed by atoms with Crippen LogP contribution < -0.4 is 10.6 Å². The maximum Gasteiger partial charge on any atom is 0.191 e. The molecule has 1 aromatic carbocycles. The molecule has 0 saturated heterocycles. The fourth-order valence-electron chi connectivity index (χ4n) is 1.95. The lowest BCUT2D eigenvalue weighted by Crippen LogP contribution is -2.36. The van der Waals surface area contributed by atoms with E-state index in [9.17, 15) is 0 Å². The number of hydrogen-bond donors (Lipinski definition) is 2. The molecule has 0 heterocycles. The summed E-state index contributed by atoms with van der Waals surface area (Å²) < 4.78 is 0. The van der Waals surface area contributed by atoms with Crippen LogP contribution in [0.3, 0.4) is 0 Å². The third kappa shape index (κ3) is 6.27. The molecule has 3 nitrogen and oxygen atoms in total. The van der Waals surface area contributed by atoms with Crippen molar-refractivity contribution in [3.8, 4) is 0 Å². The molecule has 0 radical (unpaired) electrons. The van der Waals surface area contributed by atoms with Crippen molar-refractivity contribution < 1.29 is 0 Å². The predicted molar refractivity (Wildman–Crippen MR) is 94.4 cm³/mol. The van der Waals surface area contributed by atoms with Gasteiger partial charge in [-0.05, 0) is 30.4 Å². The van der Waals surface area contributed by atoms with E-state index in [1.54, 1.807) is 7.05 Å². The Morgan fingerprint density at radius 3 is 2.16 bits per heavy atom. The van der Waals surface area contributed by atoms with Crippen molar-refractivity contribution in [3.63, 3.8) is 0 Å². The number of hydrogen-bond acceptors (Lipinski definition) is 1. The number of benzene rings is 1. The van der Waals surface area contributed by atoms with Crippen molar-refractivity contribution in [2.45, 2.75) is 33.2 Å². The van der Waals surface area contributed by atoms with Gasteiger partial charge in [0.05, 0.1) is 6.04 Å². The molecular weight excluding hydrogens is 349 g/mol. The van der Waals surface area contributed by atoms with E-state index in [0.717, 1.165) is 12.4 Å². The standard InChI is InChI=1S/C15H25N3.HI/c1-11(2)10-13-6-8-14(9-7-13)12(3)18-15(16-4)17-5;/h6-9,11-12H,10H2,1-5H3,(H2,16,17,18);1H. The minimum Gasteiger partial charge on any atom is -0.359 e. The monoisotopic (exact) mass is 375 g/mol. The van der Waals surface area contributed by atoms with Gasteiger partial charge in [-0.2, -0.15) is 0 Å². The van der Waals surface area contributed by atoms with Crippen molar-refractivity contribution in [2.75, 3.05) is 14.1 Å². The Balaban J connectivity index is 0.00000324. The first-order valence-electron chi connectivity index (χ1n) is 6.56. The van der Waals surface area contributed by atoms with Crippen molar-refractivity contribution in [1.82, 2.24) is 10.6 Å². The molecule has 0 spiro atoms. The van der Waals surface area contributed by atoms with Crippen molar-refractivity contribution >= 4 is 29.9 Å². The zero-order chi connectivity index (χ0) is 13.5. The van der Waals surface area contributed by atoms with Crippen molar-refractivity contribution in [1.29, 1.82) is 0 Å². The van der Waals surface area contributed by atoms with Gasteiger partial charge in [-0.1, -0.05) is 38.1 Å². The summed E-state index contributed by atoms with van der Waals surface area (Å²) in [7, 11) is 3.64. The molecule has 0 aromatic heterocycles.